The molecule has 2 aromatic rings. The van der Waals surface area contributed by atoms with E-state index in [1.807, 2.05) is 30.3 Å². The minimum atomic E-state index is -0.448. The number of ether oxygens (including phenoxy) is 2. The summed E-state index contributed by atoms with van der Waals surface area (Å²) in [5.41, 5.74) is 1.27. The van der Waals surface area contributed by atoms with E-state index in [1.54, 1.807) is 7.11 Å². The lowest BCUT2D eigenvalue weighted by molar-refractivity contribution is 0.0593. The normalized spacial score (nSPS) is 12.1. The summed E-state index contributed by atoms with van der Waals surface area (Å²) in [6.07, 6.45) is 1.11. The highest BCUT2D eigenvalue weighted by atomic mass is 16.5. The third-order valence-corrected chi connectivity index (χ3v) is 2.59. The summed E-state index contributed by atoms with van der Waals surface area (Å²) in [4.78, 5) is 18.4. The van der Waals surface area contributed by atoms with E-state index in [0.717, 1.165) is 5.56 Å². The van der Waals surface area contributed by atoms with Crippen molar-refractivity contribution in [2.75, 3.05) is 14.2 Å². The first-order chi connectivity index (χ1) is 8.76. The quantitative estimate of drug-likeness (QED) is 0.837. The molecule has 1 unspecified atom stereocenters. The molecule has 0 saturated heterocycles. The van der Waals surface area contributed by atoms with E-state index in [4.69, 9.17) is 4.74 Å². The maximum atomic E-state index is 11.3. The van der Waals surface area contributed by atoms with Crippen molar-refractivity contribution >= 4 is 5.97 Å². The zero-order chi connectivity index (χ0) is 13.0. The Balaban J connectivity index is 2.29. The van der Waals surface area contributed by atoms with E-state index in [2.05, 4.69) is 14.7 Å². The number of aromatic nitrogens is 2. The highest BCUT2D eigenvalue weighted by Crippen LogP contribution is 2.22. The molecule has 1 aromatic carbocycles. The molecule has 0 aliphatic rings. The fourth-order valence-corrected chi connectivity index (χ4v) is 1.72. The molecule has 2 rings (SSSR count). The Morgan fingerprint density at radius 1 is 1.28 bits per heavy atom. The van der Waals surface area contributed by atoms with Crippen LogP contribution in [0.2, 0.25) is 0 Å². The molecule has 1 N–H and O–H groups in total. The van der Waals surface area contributed by atoms with Crippen LogP contribution in [0.5, 0.6) is 0 Å². The summed E-state index contributed by atoms with van der Waals surface area (Å²) in [5.74, 6) is 0.126. The number of nitrogens with one attached hydrogen (secondary N) is 1. The number of imidazole rings is 1. The summed E-state index contributed by atoms with van der Waals surface area (Å²) < 4.78 is 10.0. The standard InChI is InChI=1S/C13H14N2O3/c1-17-11(9-6-4-3-5-7-9)12-14-8-10(15-12)13(16)18-2/h3-8,11H,1-2H3,(H,14,15). The number of nitrogens with zero attached hydrogens (tertiary/aromatic N) is 1. The van der Waals surface area contributed by atoms with E-state index in [1.165, 1.54) is 13.3 Å². The fourth-order valence-electron chi connectivity index (χ4n) is 1.72. The summed E-state index contributed by atoms with van der Waals surface area (Å²) in [5, 5.41) is 0. The molecule has 0 fully saturated rings. The zero-order valence-electron chi connectivity index (χ0n) is 10.2. The van der Waals surface area contributed by atoms with E-state index in [0.29, 0.717) is 11.5 Å². The van der Waals surface area contributed by atoms with Gasteiger partial charge in [-0.1, -0.05) is 30.3 Å². The lowest BCUT2D eigenvalue weighted by Crippen LogP contribution is -2.07. The molecule has 0 bridgehead atoms. The Hall–Kier alpha value is -2.14. The van der Waals surface area contributed by atoms with E-state index in [9.17, 15) is 4.79 Å². The minimum Gasteiger partial charge on any atom is -0.464 e. The molecular formula is C13H14N2O3. The Morgan fingerprint density at radius 2 is 2.00 bits per heavy atom. The summed E-state index contributed by atoms with van der Waals surface area (Å²) >= 11 is 0. The van der Waals surface area contributed by atoms with Crippen LogP contribution in [0.3, 0.4) is 0 Å². The molecule has 0 aliphatic heterocycles. The maximum Gasteiger partial charge on any atom is 0.356 e. The van der Waals surface area contributed by atoms with Gasteiger partial charge < -0.3 is 14.5 Å². The van der Waals surface area contributed by atoms with Crippen molar-refractivity contribution in [1.29, 1.82) is 0 Å². The predicted molar refractivity (Wildman–Crippen MR) is 65.2 cm³/mol. The Labute approximate surface area is 105 Å². The molecule has 0 saturated carbocycles. The molecule has 94 valence electrons. The van der Waals surface area contributed by atoms with Gasteiger partial charge in [0.1, 0.15) is 17.6 Å². The van der Waals surface area contributed by atoms with Crippen LogP contribution in [0.1, 0.15) is 28.0 Å². The first-order valence-electron chi connectivity index (χ1n) is 5.47. The molecule has 0 spiro atoms. The summed E-state index contributed by atoms with van der Waals surface area (Å²) in [6.45, 7) is 0. The first kappa shape index (κ1) is 12.3. The van der Waals surface area contributed by atoms with Gasteiger partial charge in [0.25, 0.3) is 0 Å². The molecular weight excluding hydrogens is 232 g/mol. The predicted octanol–water partition coefficient (Wildman–Crippen LogP) is 1.93. The second-order valence-corrected chi connectivity index (χ2v) is 3.70. The third-order valence-electron chi connectivity index (χ3n) is 2.59. The summed E-state index contributed by atoms with van der Waals surface area (Å²) in [6, 6.07) is 9.65. The third kappa shape index (κ3) is 2.41. The van der Waals surface area contributed by atoms with Crippen LogP contribution in [-0.2, 0) is 9.47 Å². The van der Waals surface area contributed by atoms with Crippen molar-refractivity contribution in [2.45, 2.75) is 6.10 Å². The van der Waals surface area contributed by atoms with Gasteiger partial charge in [-0.05, 0) is 5.56 Å². The molecule has 1 atom stereocenters. The van der Waals surface area contributed by atoms with Crippen LogP contribution >= 0.6 is 0 Å². The number of hydrogen-bond donors (Lipinski definition) is 1. The van der Waals surface area contributed by atoms with Gasteiger partial charge in [-0.3, -0.25) is 0 Å². The van der Waals surface area contributed by atoms with E-state index >= 15 is 0 Å². The molecule has 0 amide bonds. The zero-order valence-corrected chi connectivity index (χ0v) is 10.2. The number of hydrogen-bond acceptors (Lipinski definition) is 4. The topological polar surface area (TPSA) is 64.2 Å². The van der Waals surface area contributed by atoms with Crippen molar-refractivity contribution in [2.24, 2.45) is 0 Å². The van der Waals surface area contributed by atoms with Gasteiger partial charge in [-0.2, -0.15) is 0 Å². The second-order valence-electron chi connectivity index (χ2n) is 3.70. The van der Waals surface area contributed by atoms with Gasteiger partial charge in [0.05, 0.1) is 13.3 Å². The van der Waals surface area contributed by atoms with Gasteiger partial charge in [0.2, 0.25) is 0 Å². The van der Waals surface area contributed by atoms with Gasteiger partial charge >= 0.3 is 5.97 Å². The van der Waals surface area contributed by atoms with Crippen molar-refractivity contribution in [3.8, 4) is 0 Å². The largest absolute Gasteiger partial charge is 0.464 e. The molecule has 0 aliphatic carbocycles. The number of esters is 1. The maximum absolute atomic E-state index is 11.3. The Morgan fingerprint density at radius 3 is 2.61 bits per heavy atom. The van der Waals surface area contributed by atoms with Gasteiger partial charge in [-0.15, -0.1) is 0 Å². The molecule has 1 heterocycles. The van der Waals surface area contributed by atoms with Crippen molar-refractivity contribution in [1.82, 2.24) is 9.97 Å². The minimum absolute atomic E-state index is 0.311. The number of carbonyl (C=O) groups is 1. The number of H-pyrrole nitrogens is 1. The molecule has 0 radical (unpaired) electrons. The van der Waals surface area contributed by atoms with Crippen LogP contribution in [0.25, 0.3) is 0 Å². The van der Waals surface area contributed by atoms with Crippen LogP contribution in [0.15, 0.2) is 36.5 Å². The Bertz CT molecular complexity index is 522. The first-order valence-corrected chi connectivity index (χ1v) is 5.47. The highest BCUT2D eigenvalue weighted by Gasteiger charge is 2.18. The van der Waals surface area contributed by atoms with Crippen molar-refractivity contribution < 1.29 is 14.3 Å². The number of carbonyl (C=O) groups excluding carboxylic acids is 1. The Kier molecular flexibility index (Phi) is 3.74. The van der Waals surface area contributed by atoms with E-state index in [-0.39, 0.29) is 6.10 Å². The highest BCUT2D eigenvalue weighted by molar-refractivity contribution is 5.86. The van der Waals surface area contributed by atoms with Gasteiger partial charge in [-0.25, -0.2) is 9.78 Å². The fraction of sp³-hybridized carbons (Fsp3) is 0.231. The molecule has 1 aromatic heterocycles. The lowest BCUT2D eigenvalue weighted by atomic mass is 10.1. The monoisotopic (exact) mass is 246 g/mol. The SMILES string of the molecule is COC(=O)c1cnc(C(OC)c2ccccc2)[nH]1. The molecule has 5 nitrogen and oxygen atoms in total. The second kappa shape index (κ2) is 5.46. The molecule has 5 heteroatoms. The lowest BCUT2D eigenvalue weighted by Gasteiger charge is -2.12. The van der Waals surface area contributed by atoms with Crippen LogP contribution in [0, 0.1) is 0 Å². The number of aromatic amines is 1. The average Bonchev–Trinajstić information content (AvgIpc) is 2.89. The average molecular weight is 246 g/mol. The smallest absolute Gasteiger partial charge is 0.356 e. The van der Waals surface area contributed by atoms with Crippen molar-refractivity contribution in [3.63, 3.8) is 0 Å². The van der Waals surface area contributed by atoms with Gasteiger partial charge in [0.15, 0.2) is 0 Å². The number of methoxy groups -OCH3 is 2. The van der Waals surface area contributed by atoms with Crippen molar-refractivity contribution in [3.05, 3.63) is 53.6 Å². The van der Waals surface area contributed by atoms with Crippen LogP contribution < -0.4 is 0 Å². The van der Waals surface area contributed by atoms with Crippen LogP contribution in [-0.4, -0.2) is 30.2 Å². The van der Waals surface area contributed by atoms with E-state index < -0.39 is 5.97 Å². The summed E-state index contributed by atoms with van der Waals surface area (Å²) in [7, 11) is 2.92. The van der Waals surface area contributed by atoms with Gasteiger partial charge in [0, 0.05) is 7.11 Å². The number of benzene rings is 1. The van der Waals surface area contributed by atoms with Crippen LogP contribution in [0.4, 0.5) is 0 Å². The molecule has 18 heavy (non-hydrogen) atoms. The number of rotatable bonds is 4.